The van der Waals surface area contributed by atoms with E-state index in [1.54, 1.807) is 42.2 Å². The first kappa shape index (κ1) is 29.7. The molecule has 0 spiro atoms. The van der Waals surface area contributed by atoms with Crippen LogP contribution in [0.3, 0.4) is 0 Å². The number of halogens is 2. The third-order valence-corrected chi connectivity index (χ3v) is 7.65. The summed E-state index contributed by atoms with van der Waals surface area (Å²) in [4.78, 5) is 25.6. The topological polar surface area (TPSA) is 105 Å². The van der Waals surface area contributed by atoms with Crippen LogP contribution in [0, 0.1) is 11.6 Å². The number of amides is 1. The number of aromatic nitrogens is 3. The Hall–Kier alpha value is -4.23. The molecule has 1 atom stereocenters. The normalized spacial score (nSPS) is 11.5. The number of rotatable bonds is 12. The van der Waals surface area contributed by atoms with Gasteiger partial charge in [-0.2, -0.15) is 0 Å². The molecule has 2 heterocycles. The summed E-state index contributed by atoms with van der Waals surface area (Å²) in [6.07, 6.45) is 0.882. The molecule has 13 heteroatoms. The van der Waals surface area contributed by atoms with Crippen molar-refractivity contribution in [3.63, 3.8) is 0 Å². The maximum absolute atomic E-state index is 14.1. The van der Waals surface area contributed by atoms with Crippen LogP contribution in [0.4, 0.5) is 13.8 Å². The van der Waals surface area contributed by atoms with Crippen LogP contribution in [0.25, 0.3) is 11.1 Å². The minimum atomic E-state index is -0.840. The molecule has 0 radical (unpaired) electrons. The Bertz CT molecular complexity index is 1560. The largest absolute Gasteiger partial charge is 0.497 e. The highest BCUT2D eigenvalue weighted by Gasteiger charge is 2.24. The molecular weight excluding hydrogens is 574 g/mol. The summed E-state index contributed by atoms with van der Waals surface area (Å²) >= 11 is 2.32. The lowest BCUT2D eigenvalue weighted by Gasteiger charge is -2.16. The van der Waals surface area contributed by atoms with E-state index in [-0.39, 0.29) is 23.0 Å². The number of benzene rings is 2. The van der Waals surface area contributed by atoms with Crippen molar-refractivity contribution in [2.45, 2.75) is 24.7 Å². The fourth-order valence-electron chi connectivity index (χ4n) is 3.85. The van der Waals surface area contributed by atoms with Crippen molar-refractivity contribution in [3.05, 3.63) is 83.5 Å². The highest BCUT2D eigenvalue weighted by Crippen LogP contribution is 2.37. The number of allylic oxidation sites excluding steroid dienone is 1. The number of nitrogens with one attached hydrogen (secondary N) is 1. The molecule has 0 bridgehead atoms. The Morgan fingerprint density at radius 3 is 2.59 bits per heavy atom. The van der Waals surface area contributed by atoms with Gasteiger partial charge in [0.1, 0.15) is 22.1 Å². The van der Waals surface area contributed by atoms with E-state index in [0.29, 0.717) is 33.8 Å². The van der Waals surface area contributed by atoms with Gasteiger partial charge in [0.25, 0.3) is 0 Å². The molecule has 0 aliphatic heterocycles. The van der Waals surface area contributed by atoms with Gasteiger partial charge in [0.15, 0.2) is 28.7 Å². The van der Waals surface area contributed by atoms with Crippen LogP contribution in [0.2, 0.25) is 0 Å². The van der Waals surface area contributed by atoms with Gasteiger partial charge < -0.3 is 19.5 Å². The van der Waals surface area contributed by atoms with Crippen molar-refractivity contribution < 1.29 is 32.6 Å². The van der Waals surface area contributed by atoms with Gasteiger partial charge in [-0.25, -0.2) is 13.6 Å². The van der Waals surface area contributed by atoms with Crippen LogP contribution < -0.4 is 14.8 Å². The molecule has 0 saturated carbocycles. The summed E-state index contributed by atoms with van der Waals surface area (Å²) in [7, 11) is 2.84. The first-order chi connectivity index (χ1) is 19.7. The Kier molecular flexibility index (Phi) is 9.73. The van der Waals surface area contributed by atoms with Crippen molar-refractivity contribution in [2.75, 3.05) is 25.3 Å². The van der Waals surface area contributed by atoms with Crippen molar-refractivity contribution in [1.82, 2.24) is 14.8 Å². The second kappa shape index (κ2) is 13.4. The summed E-state index contributed by atoms with van der Waals surface area (Å²) in [6.45, 7) is 5.70. The number of hydrogen-bond donors (Lipinski definition) is 1. The number of carbonyl (C=O) groups is 2. The number of anilines is 1. The Morgan fingerprint density at radius 2 is 1.93 bits per heavy atom. The molecule has 0 fully saturated rings. The highest BCUT2D eigenvalue weighted by atomic mass is 32.2. The molecule has 2 aromatic carbocycles. The SMILES string of the molecule is C=CCn1c(SCC(=O)Nc2scc(-c3ccc(OC)cc3)c2C(=O)OC)nnc1C(C)Oc1ccc(F)cc1F. The second-order valence-corrected chi connectivity index (χ2v) is 10.3. The molecule has 0 saturated heterocycles. The monoisotopic (exact) mass is 600 g/mol. The standard InChI is InChI=1S/C28H26F2N4O5S2/c1-5-12-34-25(16(2)39-22-11-8-18(29)13-21(22)30)32-33-28(34)41-15-23(35)31-26-24(27(36)38-4)20(14-40-26)17-6-9-19(37-3)10-7-17/h5-11,13-14,16H,1,12,15H2,2-4H3,(H,31,35). The maximum Gasteiger partial charge on any atom is 0.341 e. The average molecular weight is 601 g/mol. The van der Waals surface area contributed by atoms with Gasteiger partial charge >= 0.3 is 5.97 Å². The number of hydrogen-bond acceptors (Lipinski definition) is 9. The summed E-state index contributed by atoms with van der Waals surface area (Å²) in [6, 6.07) is 10.2. The first-order valence-electron chi connectivity index (χ1n) is 12.2. The van der Waals surface area contributed by atoms with Crippen molar-refractivity contribution >= 4 is 40.0 Å². The number of thioether (sulfide) groups is 1. The minimum absolute atomic E-state index is 0.0481. The first-order valence-corrected chi connectivity index (χ1v) is 14.0. The lowest BCUT2D eigenvalue weighted by Crippen LogP contribution is -2.17. The molecule has 1 amide bonds. The van der Waals surface area contributed by atoms with E-state index in [0.717, 1.165) is 29.5 Å². The average Bonchev–Trinajstić information content (AvgIpc) is 3.57. The number of thiophene rings is 1. The lowest BCUT2D eigenvalue weighted by molar-refractivity contribution is -0.113. The van der Waals surface area contributed by atoms with Crippen LogP contribution in [0.15, 0.2) is 65.7 Å². The minimum Gasteiger partial charge on any atom is -0.497 e. The predicted octanol–water partition coefficient (Wildman–Crippen LogP) is 6.14. The van der Waals surface area contributed by atoms with E-state index < -0.39 is 23.7 Å². The van der Waals surface area contributed by atoms with Crippen LogP contribution in [-0.2, 0) is 16.1 Å². The van der Waals surface area contributed by atoms with E-state index >= 15 is 0 Å². The van der Waals surface area contributed by atoms with Crippen molar-refractivity contribution in [1.29, 1.82) is 0 Å². The van der Waals surface area contributed by atoms with E-state index in [4.69, 9.17) is 14.2 Å². The van der Waals surface area contributed by atoms with Gasteiger partial charge in [-0.3, -0.25) is 9.36 Å². The number of ether oxygens (including phenoxy) is 3. The zero-order valence-corrected chi connectivity index (χ0v) is 24.0. The van der Waals surface area contributed by atoms with E-state index in [2.05, 4.69) is 22.1 Å². The summed E-state index contributed by atoms with van der Waals surface area (Å²) in [5.74, 6) is -1.66. The predicted molar refractivity (Wildman–Crippen MR) is 153 cm³/mol. The molecule has 2 aromatic heterocycles. The van der Waals surface area contributed by atoms with Gasteiger partial charge in [-0.05, 0) is 36.8 Å². The van der Waals surface area contributed by atoms with Gasteiger partial charge in [-0.1, -0.05) is 30.0 Å². The molecule has 4 rings (SSSR count). The van der Waals surface area contributed by atoms with Crippen LogP contribution in [0.1, 0.15) is 29.2 Å². The second-order valence-electron chi connectivity index (χ2n) is 8.49. The summed E-state index contributed by atoms with van der Waals surface area (Å²) in [5.41, 5.74) is 1.63. The van der Waals surface area contributed by atoms with Crippen LogP contribution in [-0.4, -0.2) is 46.6 Å². The van der Waals surface area contributed by atoms with Gasteiger partial charge in [-0.15, -0.1) is 28.1 Å². The van der Waals surface area contributed by atoms with E-state index in [9.17, 15) is 18.4 Å². The van der Waals surface area contributed by atoms with E-state index in [1.165, 1.54) is 24.5 Å². The number of nitrogens with zero attached hydrogens (tertiary/aromatic N) is 3. The maximum atomic E-state index is 14.1. The zero-order chi connectivity index (χ0) is 29.5. The third kappa shape index (κ3) is 6.92. The number of methoxy groups -OCH3 is 2. The van der Waals surface area contributed by atoms with Gasteiger partial charge in [0.2, 0.25) is 5.91 Å². The smallest absolute Gasteiger partial charge is 0.341 e. The lowest BCUT2D eigenvalue weighted by atomic mass is 10.0. The number of esters is 1. The molecule has 0 aliphatic rings. The molecule has 41 heavy (non-hydrogen) atoms. The third-order valence-electron chi connectivity index (χ3n) is 5.79. The van der Waals surface area contributed by atoms with Crippen molar-refractivity contribution in [3.8, 4) is 22.6 Å². The molecule has 0 aliphatic carbocycles. The summed E-state index contributed by atoms with van der Waals surface area (Å²) in [5, 5.41) is 13.6. The molecular formula is C28H26F2N4O5S2. The van der Waals surface area contributed by atoms with Crippen LogP contribution >= 0.6 is 23.1 Å². The van der Waals surface area contributed by atoms with Crippen LogP contribution in [0.5, 0.6) is 11.5 Å². The van der Waals surface area contributed by atoms with Gasteiger partial charge in [0, 0.05) is 23.6 Å². The fourth-order valence-corrected chi connectivity index (χ4v) is 5.58. The summed E-state index contributed by atoms with van der Waals surface area (Å²) < 4.78 is 44.9. The zero-order valence-electron chi connectivity index (χ0n) is 22.4. The molecule has 9 nitrogen and oxygen atoms in total. The fraction of sp³-hybridized carbons (Fsp3) is 0.214. The number of carbonyl (C=O) groups excluding carboxylic acids is 2. The van der Waals surface area contributed by atoms with Crippen molar-refractivity contribution in [2.24, 2.45) is 0 Å². The molecule has 214 valence electrons. The highest BCUT2D eigenvalue weighted by molar-refractivity contribution is 7.99. The Morgan fingerprint density at radius 1 is 1.17 bits per heavy atom. The van der Waals surface area contributed by atoms with Gasteiger partial charge in [0.05, 0.1) is 20.0 Å². The quantitative estimate of drug-likeness (QED) is 0.118. The van der Waals surface area contributed by atoms with E-state index in [1.807, 2.05) is 12.1 Å². The molecule has 1 N–H and O–H groups in total. The molecule has 1 unspecified atom stereocenters. The Balaban J connectivity index is 1.48. The Labute approximate surface area is 243 Å². The molecule has 4 aromatic rings.